The first-order valence-corrected chi connectivity index (χ1v) is 5.68. The van der Waals surface area contributed by atoms with Crippen molar-refractivity contribution in [1.29, 1.82) is 0 Å². The van der Waals surface area contributed by atoms with Crippen LogP contribution < -0.4 is 15.8 Å². The van der Waals surface area contributed by atoms with Crippen LogP contribution >= 0.6 is 0 Å². The van der Waals surface area contributed by atoms with Crippen molar-refractivity contribution >= 4 is 11.6 Å². The fraction of sp³-hybridized carbons (Fsp3) is 0.636. The number of nitrogens with zero attached hydrogens (tertiary/aromatic N) is 3. The minimum absolute atomic E-state index is 0.360. The number of hydrogen-bond acceptors (Lipinski definition) is 6. The van der Waals surface area contributed by atoms with Gasteiger partial charge in [0.15, 0.2) is 11.6 Å². The molecule has 0 amide bonds. The van der Waals surface area contributed by atoms with E-state index in [1.54, 1.807) is 7.11 Å². The number of nitrogens with one attached hydrogen (secondary N) is 1. The summed E-state index contributed by atoms with van der Waals surface area (Å²) in [6, 6.07) is 0. The molecule has 0 spiro atoms. The highest BCUT2D eigenvalue weighted by Crippen LogP contribution is 2.25. The molecule has 17 heavy (non-hydrogen) atoms. The first kappa shape index (κ1) is 13.5. The Morgan fingerprint density at radius 2 is 2.12 bits per heavy atom. The quantitative estimate of drug-likeness (QED) is 0.686. The Morgan fingerprint density at radius 1 is 1.35 bits per heavy atom. The maximum atomic E-state index is 5.68. The Kier molecular flexibility index (Phi) is 5.48. The second kappa shape index (κ2) is 6.90. The smallest absolute Gasteiger partial charge is 0.203 e. The van der Waals surface area contributed by atoms with Gasteiger partial charge >= 0.3 is 0 Å². The number of anilines is 2. The van der Waals surface area contributed by atoms with Crippen LogP contribution in [0.5, 0.6) is 5.75 Å². The van der Waals surface area contributed by atoms with Gasteiger partial charge in [-0.15, -0.1) is 0 Å². The third kappa shape index (κ3) is 4.44. The van der Waals surface area contributed by atoms with E-state index >= 15 is 0 Å². The van der Waals surface area contributed by atoms with E-state index in [-0.39, 0.29) is 0 Å². The second-order valence-corrected chi connectivity index (χ2v) is 4.08. The van der Waals surface area contributed by atoms with Crippen LogP contribution in [0.2, 0.25) is 0 Å². The van der Waals surface area contributed by atoms with Crippen molar-refractivity contribution < 1.29 is 4.74 Å². The summed E-state index contributed by atoms with van der Waals surface area (Å²) in [7, 11) is 5.70. The molecule has 0 saturated carbocycles. The molecule has 0 aliphatic rings. The van der Waals surface area contributed by atoms with Gasteiger partial charge in [0.05, 0.1) is 7.11 Å². The fourth-order valence-electron chi connectivity index (χ4n) is 1.47. The van der Waals surface area contributed by atoms with E-state index < -0.39 is 0 Å². The number of hydrogen-bond donors (Lipinski definition) is 2. The SMILES string of the molecule is COc1c(N)ncnc1NCCCCN(C)C. The zero-order valence-corrected chi connectivity index (χ0v) is 10.7. The van der Waals surface area contributed by atoms with Gasteiger partial charge in [-0.25, -0.2) is 9.97 Å². The predicted molar refractivity (Wildman–Crippen MR) is 69.3 cm³/mol. The maximum Gasteiger partial charge on any atom is 0.203 e. The normalized spacial score (nSPS) is 10.6. The molecule has 96 valence electrons. The Morgan fingerprint density at radius 3 is 2.76 bits per heavy atom. The third-order valence-corrected chi connectivity index (χ3v) is 2.36. The number of nitrogens with two attached hydrogens (primary N) is 1. The van der Waals surface area contributed by atoms with Crippen molar-refractivity contribution in [3.63, 3.8) is 0 Å². The van der Waals surface area contributed by atoms with E-state index in [1.807, 2.05) is 0 Å². The number of aromatic nitrogens is 2. The van der Waals surface area contributed by atoms with Gasteiger partial charge in [0.2, 0.25) is 5.75 Å². The topological polar surface area (TPSA) is 76.3 Å². The molecule has 3 N–H and O–H groups in total. The Labute approximate surface area is 102 Å². The summed E-state index contributed by atoms with van der Waals surface area (Å²) in [5.41, 5.74) is 5.68. The minimum atomic E-state index is 0.360. The summed E-state index contributed by atoms with van der Waals surface area (Å²) >= 11 is 0. The molecule has 1 rings (SSSR count). The third-order valence-electron chi connectivity index (χ3n) is 2.36. The number of nitrogen functional groups attached to an aromatic ring is 1. The molecular weight excluding hydrogens is 218 g/mol. The highest BCUT2D eigenvalue weighted by molar-refractivity contribution is 5.61. The van der Waals surface area contributed by atoms with Gasteiger partial charge in [-0.2, -0.15) is 0 Å². The molecule has 1 heterocycles. The zero-order chi connectivity index (χ0) is 12.7. The van der Waals surface area contributed by atoms with Crippen molar-refractivity contribution in [2.24, 2.45) is 0 Å². The van der Waals surface area contributed by atoms with E-state index in [9.17, 15) is 0 Å². The highest BCUT2D eigenvalue weighted by Gasteiger charge is 2.08. The van der Waals surface area contributed by atoms with Crippen molar-refractivity contribution in [3.05, 3.63) is 6.33 Å². The van der Waals surface area contributed by atoms with E-state index in [1.165, 1.54) is 6.33 Å². The second-order valence-electron chi connectivity index (χ2n) is 4.08. The van der Waals surface area contributed by atoms with E-state index in [4.69, 9.17) is 10.5 Å². The molecule has 0 fully saturated rings. The standard InChI is InChI=1S/C11H21N5O/c1-16(2)7-5-4-6-13-11-9(17-3)10(12)14-8-15-11/h8H,4-7H2,1-3H3,(H3,12,13,14,15). The van der Waals surface area contributed by atoms with Gasteiger partial charge in [-0.05, 0) is 33.5 Å². The number of methoxy groups -OCH3 is 1. The molecule has 0 aliphatic carbocycles. The van der Waals surface area contributed by atoms with Gasteiger partial charge in [0, 0.05) is 6.54 Å². The summed E-state index contributed by atoms with van der Waals surface area (Å²) in [5.74, 6) is 1.53. The summed E-state index contributed by atoms with van der Waals surface area (Å²) in [4.78, 5) is 10.1. The molecule has 0 bridgehead atoms. The lowest BCUT2D eigenvalue weighted by Crippen LogP contribution is -2.14. The molecule has 6 nitrogen and oxygen atoms in total. The molecule has 0 aliphatic heterocycles. The van der Waals surface area contributed by atoms with Crippen LogP contribution in [0.25, 0.3) is 0 Å². The van der Waals surface area contributed by atoms with E-state index in [0.717, 1.165) is 25.9 Å². The van der Waals surface area contributed by atoms with Gasteiger partial charge in [-0.3, -0.25) is 0 Å². The summed E-state index contributed by atoms with van der Waals surface area (Å²) in [5, 5.41) is 3.20. The van der Waals surface area contributed by atoms with Gasteiger partial charge < -0.3 is 20.7 Å². The number of rotatable bonds is 7. The van der Waals surface area contributed by atoms with Crippen LogP contribution in [0.1, 0.15) is 12.8 Å². The number of ether oxygens (including phenoxy) is 1. The first-order valence-electron chi connectivity index (χ1n) is 5.68. The average molecular weight is 239 g/mol. The van der Waals surface area contributed by atoms with Gasteiger partial charge in [0.25, 0.3) is 0 Å². The molecular formula is C11H21N5O. The zero-order valence-electron chi connectivity index (χ0n) is 10.7. The van der Waals surface area contributed by atoms with Crippen molar-refractivity contribution in [1.82, 2.24) is 14.9 Å². The lowest BCUT2D eigenvalue weighted by atomic mass is 10.3. The van der Waals surface area contributed by atoms with Crippen LogP contribution in [-0.2, 0) is 0 Å². The first-order chi connectivity index (χ1) is 8.15. The van der Waals surface area contributed by atoms with E-state index in [0.29, 0.717) is 17.4 Å². The largest absolute Gasteiger partial charge is 0.490 e. The van der Waals surface area contributed by atoms with Gasteiger partial charge in [0.1, 0.15) is 6.33 Å². The van der Waals surface area contributed by atoms with E-state index in [2.05, 4.69) is 34.3 Å². The van der Waals surface area contributed by atoms with Crippen LogP contribution in [-0.4, -0.2) is 49.2 Å². The molecule has 1 aromatic heterocycles. The van der Waals surface area contributed by atoms with Crippen molar-refractivity contribution in [2.45, 2.75) is 12.8 Å². The Hall–Kier alpha value is -1.56. The lowest BCUT2D eigenvalue weighted by Gasteiger charge is -2.12. The predicted octanol–water partition coefficient (Wildman–Crippen LogP) is 0.821. The van der Waals surface area contributed by atoms with Gasteiger partial charge in [-0.1, -0.05) is 0 Å². The minimum Gasteiger partial charge on any atom is -0.490 e. The molecule has 6 heteroatoms. The van der Waals surface area contributed by atoms with Crippen molar-refractivity contribution in [2.75, 3.05) is 45.3 Å². The number of unbranched alkanes of at least 4 members (excludes halogenated alkanes) is 1. The maximum absolute atomic E-state index is 5.68. The van der Waals surface area contributed by atoms with Crippen molar-refractivity contribution in [3.8, 4) is 5.75 Å². The lowest BCUT2D eigenvalue weighted by molar-refractivity contribution is 0.396. The molecule has 1 aromatic rings. The van der Waals surface area contributed by atoms with Crippen LogP contribution in [0.15, 0.2) is 6.33 Å². The Bertz CT molecular complexity index is 343. The van der Waals surface area contributed by atoms with Crippen LogP contribution in [0.3, 0.4) is 0 Å². The summed E-state index contributed by atoms with van der Waals surface area (Å²) < 4.78 is 5.15. The molecule has 0 unspecified atom stereocenters. The molecule has 0 saturated heterocycles. The highest BCUT2D eigenvalue weighted by atomic mass is 16.5. The molecule has 0 radical (unpaired) electrons. The van der Waals surface area contributed by atoms with Crippen LogP contribution in [0, 0.1) is 0 Å². The average Bonchev–Trinajstić information content (AvgIpc) is 2.28. The monoisotopic (exact) mass is 239 g/mol. The molecule has 0 aromatic carbocycles. The van der Waals surface area contributed by atoms with Crippen LogP contribution in [0.4, 0.5) is 11.6 Å². The Balaban J connectivity index is 2.39. The molecule has 0 atom stereocenters. The fourth-order valence-corrected chi connectivity index (χ4v) is 1.47. The summed E-state index contributed by atoms with van der Waals surface area (Å²) in [6.45, 7) is 1.94. The summed E-state index contributed by atoms with van der Waals surface area (Å²) in [6.07, 6.45) is 3.65.